The van der Waals surface area contributed by atoms with Crippen LogP contribution >= 0.6 is 11.9 Å². The summed E-state index contributed by atoms with van der Waals surface area (Å²) < 4.78 is 7.13. The summed E-state index contributed by atoms with van der Waals surface area (Å²) in [7, 11) is 0. The van der Waals surface area contributed by atoms with E-state index in [2.05, 4.69) is 0 Å². The molecule has 1 unspecified atom stereocenters. The maximum absolute atomic E-state index is 12.1. The molecule has 4 nitrogen and oxygen atoms in total. The van der Waals surface area contributed by atoms with E-state index in [0.717, 1.165) is 24.1 Å². The molecule has 1 N–H and O–H groups in total. The summed E-state index contributed by atoms with van der Waals surface area (Å²) in [5.74, 6) is 0.0148. The van der Waals surface area contributed by atoms with E-state index in [1.807, 2.05) is 16.6 Å². The molecule has 0 aromatic heterocycles. The molecule has 1 aromatic carbocycles. The number of hydrogen-bond acceptors (Lipinski definition) is 5. The van der Waals surface area contributed by atoms with Crippen molar-refractivity contribution in [2.45, 2.75) is 19.4 Å². The van der Waals surface area contributed by atoms with Gasteiger partial charge in [0.15, 0.2) is 0 Å². The second-order valence-corrected chi connectivity index (χ2v) is 4.91. The summed E-state index contributed by atoms with van der Waals surface area (Å²) in [5, 5.41) is 9.87. The van der Waals surface area contributed by atoms with Crippen molar-refractivity contribution in [3.8, 4) is 5.75 Å². The van der Waals surface area contributed by atoms with Gasteiger partial charge in [-0.25, -0.2) is 9.10 Å². The van der Waals surface area contributed by atoms with Gasteiger partial charge in [-0.15, -0.1) is 0 Å². The van der Waals surface area contributed by atoms with Crippen LogP contribution in [0.25, 0.3) is 0 Å². The summed E-state index contributed by atoms with van der Waals surface area (Å²) in [6.45, 7) is 2.90. The topological polar surface area (TPSA) is 49.8 Å². The second kappa shape index (κ2) is 5.63. The number of ether oxygens (including phenoxy) is 1. The van der Waals surface area contributed by atoms with E-state index in [1.54, 1.807) is 19.1 Å². The van der Waals surface area contributed by atoms with Crippen LogP contribution in [0.3, 0.4) is 0 Å². The summed E-state index contributed by atoms with van der Waals surface area (Å²) >= 11 is 1.53. The lowest BCUT2D eigenvalue weighted by Gasteiger charge is -2.33. The Morgan fingerprint density at radius 2 is 2.39 bits per heavy atom. The van der Waals surface area contributed by atoms with Crippen molar-refractivity contribution in [3.05, 3.63) is 29.3 Å². The molecule has 0 radical (unpaired) electrons. The zero-order valence-electron chi connectivity index (χ0n) is 10.5. The molecule has 1 aliphatic rings. The Hall–Kier alpha value is -1.20. The Kier molecular flexibility index (Phi) is 4.14. The minimum absolute atomic E-state index is 0.251. The monoisotopic (exact) mass is 267 g/mol. The van der Waals surface area contributed by atoms with Crippen molar-refractivity contribution < 1.29 is 14.6 Å². The van der Waals surface area contributed by atoms with Crippen LogP contribution in [0.4, 0.5) is 0 Å². The number of phenolic OH excluding ortho intramolecular Hbond substituents is 1. The molecule has 1 atom stereocenters. The zero-order valence-corrected chi connectivity index (χ0v) is 11.4. The molecular weight excluding hydrogens is 250 g/mol. The maximum Gasteiger partial charge on any atom is 0.328 e. The SMILES string of the molecule is CCOC(=O)C1c2cccc(O)c2CCN1SC. The fourth-order valence-electron chi connectivity index (χ4n) is 2.29. The van der Waals surface area contributed by atoms with E-state index < -0.39 is 6.04 Å². The molecule has 0 amide bonds. The summed E-state index contributed by atoms with van der Waals surface area (Å²) in [6.07, 6.45) is 2.69. The molecule has 2 rings (SSSR count). The average molecular weight is 267 g/mol. The predicted molar refractivity (Wildman–Crippen MR) is 71.4 cm³/mol. The molecule has 98 valence electrons. The zero-order chi connectivity index (χ0) is 13.1. The number of aromatic hydroxyl groups is 1. The number of hydrogen-bond donors (Lipinski definition) is 1. The lowest BCUT2D eigenvalue weighted by molar-refractivity contribution is -0.148. The first-order chi connectivity index (χ1) is 8.69. The molecule has 0 spiro atoms. The molecule has 0 fully saturated rings. The molecule has 0 saturated heterocycles. The lowest BCUT2D eigenvalue weighted by atomic mass is 9.93. The number of phenols is 1. The van der Waals surface area contributed by atoms with E-state index >= 15 is 0 Å². The van der Waals surface area contributed by atoms with Gasteiger partial charge in [-0.1, -0.05) is 24.1 Å². The predicted octanol–water partition coefficient (Wildman–Crippen LogP) is 2.13. The number of rotatable bonds is 3. The lowest BCUT2D eigenvalue weighted by Crippen LogP contribution is -2.36. The molecular formula is C13H17NO3S. The van der Waals surface area contributed by atoms with Crippen molar-refractivity contribution in [2.24, 2.45) is 0 Å². The standard InChI is InChI=1S/C13H17NO3S/c1-3-17-13(16)12-10-5-4-6-11(15)9(10)7-8-14(12)18-2/h4-6,12,15H,3,7-8H2,1-2H3. The highest BCUT2D eigenvalue weighted by atomic mass is 32.2. The summed E-state index contributed by atoms with van der Waals surface area (Å²) in [4.78, 5) is 12.1. The highest BCUT2D eigenvalue weighted by molar-refractivity contribution is 7.96. The molecule has 5 heteroatoms. The molecule has 0 saturated carbocycles. The maximum atomic E-state index is 12.1. The normalized spacial score (nSPS) is 19.3. The first-order valence-electron chi connectivity index (χ1n) is 5.97. The summed E-state index contributed by atoms with van der Waals surface area (Å²) in [6, 6.07) is 4.90. The largest absolute Gasteiger partial charge is 0.508 e. The third-order valence-corrected chi connectivity index (χ3v) is 3.96. The molecule has 0 bridgehead atoms. The van der Waals surface area contributed by atoms with Gasteiger partial charge >= 0.3 is 5.97 Å². The number of benzene rings is 1. The number of carbonyl (C=O) groups is 1. The van der Waals surface area contributed by atoms with Gasteiger partial charge in [-0.05, 0) is 31.2 Å². The quantitative estimate of drug-likeness (QED) is 0.671. The van der Waals surface area contributed by atoms with Gasteiger partial charge in [0.05, 0.1) is 6.61 Å². The first kappa shape index (κ1) is 13.2. The van der Waals surface area contributed by atoms with Crippen molar-refractivity contribution in [1.82, 2.24) is 4.31 Å². The van der Waals surface area contributed by atoms with Crippen molar-refractivity contribution >= 4 is 17.9 Å². The van der Waals surface area contributed by atoms with E-state index in [0.29, 0.717) is 6.61 Å². The number of nitrogens with zero attached hydrogens (tertiary/aromatic N) is 1. The minimum atomic E-state index is -0.421. The second-order valence-electron chi connectivity index (χ2n) is 4.07. The van der Waals surface area contributed by atoms with Crippen LogP contribution in [0.15, 0.2) is 18.2 Å². The fraction of sp³-hybridized carbons (Fsp3) is 0.462. The fourth-order valence-corrected chi connectivity index (χ4v) is 2.97. The van der Waals surface area contributed by atoms with Crippen LogP contribution in [-0.4, -0.2) is 34.8 Å². The van der Waals surface area contributed by atoms with Gasteiger partial charge in [0.2, 0.25) is 0 Å². The van der Waals surface area contributed by atoms with E-state index in [-0.39, 0.29) is 11.7 Å². The third-order valence-electron chi connectivity index (χ3n) is 3.10. The van der Waals surface area contributed by atoms with Crippen LogP contribution in [0.5, 0.6) is 5.75 Å². The van der Waals surface area contributed by atoms with Crippen LogP contribution in [0.1, 0.15) is 24.1 Å². The van der Waals surface area contributed by atoms with Gasteiger partial charge in [0.25, 0.3) is 0 Å². The van der Waals surface area contributed by atoms with Gasteiger partial charge in [-0.2, -0.15) is 0 Å². The van der Waals surface area contributed by atoms with Crippen LogP contribution in [0, 0.1) is 0 Å². The number of esters is 1. The van der Waals surface area contributed by atoms with Gasteiger partial charge in [0, 0.05) is 12.1 Å². The molecule has 1 aromatic rings. The Morgan fingerprint density at radius 1 is 1.61 bits per heavy atom. The van der Waals surface area contributed by atoms with Gasteiger partial charge in [-0.3, -0.25) is 0 Å². The van der Waals surface area contributed by atoms with Crippen LogP contribution < -0.4 is 0 Å². The molecule has 1 heterocycles. The van der Waals surface area contributed by atoms with Crippen molar-refractivity contribution in [2.75, 3.05) is 19.4 Å². The number of carbonyl (C=O) groups excluding carboxylic acids is 1. The van der Waals surface area contributed by atoms with Crippen LogP contribution in [0.2, 0.25) is 0 Å². The average Bonchev–Trinajstić information content (AvgIpc) is 2.38. The van der Waals surface area contributed by atoms with E-state index in [4.69, 9.17) is 4.74 Å². The van der Waals surface area contributed by atoms with Crippen LogP contribution in [-0.2, 0) is 16.0 Å². The van der Waals surface area contributed by atoms with Gasteiger partial charge in [0.1, 0.15) is 11.8 Å². The summed E-state index contributed by atoms with van der Waals surface area (Å²) in [5.41, 5.74) is 1.72. The van der Waals surface area contributed by atoms with Crippen molar-refractivity contribution in [3.63, 3.8) is 0 Å². The Bertz CT molecular complexity index is 450. The Balaban J connectivity index is 2.41. The minimum Gasteiger partial charge on any atom is -0.508 e. The Labute approximate surface area is 111 Å². The number of fused-ring (bicyclic) bond motifs is 1. The van der Waals surface area contributed by atoms with E-state index in [1.165, 1.54) is 11.9 Å². The highest BCUT2D eigenvalue weighted by Gasteiger charge is 2.34. The van der Waals surface area contributed by atoms with Gasteiger partial charge < -0.3 is 9.84 Å². The highest BCUT2D eigenvalue weighted by Crippen LogP contribution is 2.37. The first-order valence-corrected chi connectivity index (χ1v) is 7.15. The Morgan fingerprint density at radius 3 is 3.06 bits per heavy atom. The molecule has 1 aliphatic heterocycles. The smallest absolute Gasteiger partial charge is 0.328 e. The molecule has 18 heavy (non-hydrogen) atoms. The third kappa shape index (κ3) is 2.33. The molecule has 0 aliphatic carbocycles. The van der Waals surface area contributed by atoms with Crippen molar-refractivity contribution in [1.29, 1.82) is 0 Å². The van der Waals surface area contributed by atoms with E-state index in [9.17, 15) is 9.90 Å².